The highest BCUT2D eigenvalue weighted by atomic mass is 32.1. The number of aryl methyl sites for hydroxylation is 2. The molecule has 26 heavy (non-hydrogen) atoms. The van der Waals surface area contributed by atoms with Crippen molar-refractivity contribution in [2.24, 2.45) is 0 Å². The van der Waals surface area contributed by atoms with E-state index in [1.165, 1.54) is 7.11 Å². The van der Waals surface area contributed by atoms with E-state index in [1.807, 2.05) is 26.0 Å². The van der Waals surface area contributed by atoms with Gasteiger partial charge in [-0.05, 0) is 44.9 Å². The number of amides is 1. The molecular formula is C19H21NO5S. The normalized spacial score (nSPS) is 10.3. The van der Waals surface area contributed by atoms with Crippen LogP contribution in [0.5, 0.6) is 0 Å². The first-order chi connectivity index (χ1) is 12.3. The van der Waals surface area contributed by atoms with Crippen LogP contribution < -0.4 is 5.32 Å². The third-order valence-corrected chi connectivity index (χ3v) is 5.04. The van der Waals surface area contributed by atoms with Gasteiger partial charge in [-0.15, -0.1) is 11.3 Å². The minimum absolute atomic E-state index is 0.176. The second kappa shape index (κ2) is 8.14. The highest BCUT2D eigenvalue weighted by Gasteiger charge is 2.27. The van der Waals surface area contributed by atoms with E-state index in [0.29, 0.717) is 11.1 Å². The number of thiophene rings is 1. The topological polar surface area (TPSA) is 81.7 Å². The molecule has 2 aromatic rings. The molecule has 1 aromatic carbocycles. The number of ether oxygens (including phenoxy) is 2. The molecule has 0 aliphatic carbocycles. The lowest BCUT2D eigenvalue weighted by molar-refractivity contribution is 0.0527. The van der Waals surface area contributed by atoms with Gasteiger partial charge >= 0.3 is 11.9 Å². The quantitative estimate of drug-likeness (QED) is 0.802. The van der Waals surface area contributed by atoms with Crippen LogP contribution in [0.15, 0.2) is 18.2 Å². The number of benzene rings is 1. The van der Waals surface area contributed by atoms with Gasteiger partial charge in [0.1, 0.15) is 9.88 Å². The van der Waals surface area contributed by atoms with E-state index in [9.17, 15) is 14.4 Å². The number of carbonyl (C=O) groups is 3. The maximum Gasteiger partial charge on any atom is 0.348 e. The Hall–Kier alpha value is -2.67. The van der Waals surface area contributed by atoms with E-state index in [1.54, 1.807) is 19.9 Å². The Morgan fingerprint density at radius 1 is 1.12 bits per heavy atom. The molecule has 0 unspecified atom stereocenters. The largest absolute Gasteiger partial charge is 0.465 e. The van der Waals surface area contributed by atoms with Gasteiger partial charge < -0.3 is 14.8 Å². The summed E-state index contributed by atoms with van der Waals surface area (Å²) in [6.07, 6.45) is 0. The van der Waals surface area contributed by atoms with E-state index < -0.39 is 11.9 Å². The van der Waals surface area contributed by atoms with Crippen LogP contribution in [-0.2, 0) is 9.47 Å². The van der Waals surface area contributed by atoms with Crippen LogP contribution in [0, 0.1) is 20.8 Å². The van der Waals surface area contributed by atoms with Crippen molar-refractivity contribution < 1.29 is 23.9 Å². The lowest BCUT2D eigenvalue weighted by Crippen LogP contribution is -2.16. The maximum absolute atomic E-state index is 12.7. The van der Waals surface area contributed by atoms with Gasteiger partial charge in [0.15, 0.2) is 0 Å². The number of anilines is 1. The summed E-state index contributed by atoms with van der Waals surface area (Å²) in [5.74, 6) is -1.51. The van der Waals surface area contributed by atoms with Crippen LogP contribution in [0.4, 0.5) is 5.00 Å². The average Bonchev–Trinajstić information content (AvgIpc) is 2.90. The zero-order valence-electron chi connectivity index (χ0n) is 15.4. The van der Waals surface area contributed by atoms with Crippen molar-refractivity contribution in [3.63, 3.8) is 0 Å². The van der Waals surface area contributed by atoms with Crippen molar-refractivity contribution >= 4 is 34.2 Å². The van der Waals surface area contributed by atoms with Crippen LogP contribution >= 0.6 is 11.3 Å². The summed E-state index contributed by atoms with van der Waals surface area (Å²) < 4.78 is 9.82. The summed E-state index contributed by atoms with van der Waals surface area (Å²) in [7, 11) is 1.26. The van der Waals surface area contributed by atoms with E-state index in [-0.39, 0.29) is 28.0 Å². The molecule has 1 aromatic heterocycles. The number of nitrogens with one attached hydrogen (secondary N) is 1. The zero-order valence-corrected chi connectivity index (χ0v) is 16.2. The maximum atomic E-state index is 12.7. The first-order valence-corrected chi connectivity index (χ1v) is 8.89. The van der Waals surface area contributed by atoms with Crippen LogP contribution in [0.1, 0.15) is 54.0 Å². The molecule has 1 heterocycles. The van der Waals surface area contributed by atoms with Crippen LogP contribution in [0.3, 0.4) is 0 Å². The minimum atomic E-state index is -0.590. The molecule has 7 heteroatoms. The molecule has 0 bridgehead atoms. The van der Waals surface area contributed by atoms with Gasteiger partial charge in [-0.1, -0.05) is 17.7 Å². The number of esters is 2. The fourth-order valence-electron chi connectivity index (χ4n) is 2.58. The van der Waals surface area contributed by atoms with Crippen LogP contribution in [-0.4, -0.2) is 31.6 Å². The lowest BCUT2D eigenvalue weighted by Gasteiger charge is -2.09. The first kappa shape index (κ1) is 19.7. The molecule has 2 rings (SSSR count). The summed E-state index contributed by atoms with van der Waals surface area (Å²) in [6.45, 7) is 7.29. The molecule has 0 saturated carbocycles. The molecule has 0 fully saturated rings. The third kappa shape index (κ3) is 3.94. The van der Waals surface area contributed by atoms with Crippen LogP contribution in [0.25, 0.3) is 0 Å². The molecule has 1 amide bonds. The summed E-state index contributed by atoms with van der Waals surface area (Å²) in [5, 5.41) is 3.01. The summed E-state index contributed by atoms with van der Waals surface area (Å²) in [4.78, 5) is 37.2. The number of methoxy groups -OCH3 is 1. The fraction of sp³-hybridized carbons (Fsp3) is 0.316. The first-order valence-electron chi connectivity index (χ1n) is 8.07. The lowest BCUT2D eigenvalue weighted by atomic mass is 10.1. The van der Waals surface area contributed by atoms with Gasteiger partial charge in [0.2, 0.25) is 0 Å². The van der Waals surface area contributed by atoms with Gasteiger partial charge in [0.25, 0.3) is 5.91 Å². The molecule has 0 aliphatic rings. The Morgan fingerprint density at radius 2 is 1.81 bits per heavy atom. The Balaban J connectivity index is 2.45. The molecule has 6 nitrogen and oxygen atoms in total. The summed E-state index contributed by atoms with van der Waals surface area (Å²) in [6, 6.07) is 5.47. The molecular weight excluding hydrogens is 354 g/mol. The van der Waals surface area contributed by atoms with Crippen molar-refractivity contribution in [1.29, 1.82) is 0 Å². The smallest absolute Gasteiger partial charge is 0.348 e. The Labute approximate surface area is 156 Å². The predicted octanol–water partition coefficient (Wildman–Crippen LogP) is 3.89. The van der Waals surface area contributed by atoms with E-state index in [0.717, 1.165) is 22.5 Å². The van der Waals surface area contributed by atoms with Gasteiger partial charge in [0.05, 0.1) is 19.3 Å². The minimum Gasteiger partial charge on any atom is -0.465 e. The summed E-state index contributed by atoms with van der Waals surface area (Å²) in [5.41, 5.74) is 2.97. The molecule has 0 atom stereocenters. The molecule has 0 aliphatic heterocycles. The SMILES string of the molecule is CCOC(=O)c1c(NC(=O)c2ccc(C)cc2C)sc(C(=O)OC)c1C. The van der Waals surface area contributed by atoms with Crippen molar-refractivity contribution in [3.8, 4) is 0 Å². The monoisotopic (exact) mass is 375 g/mol. The Kier molecular flexibility index (Phi) is 6.15. The van der Waals surface area contributed by atoms with Gasteiger partial charge in [-0.2, -0.15) is 0 Å². The predicted molar refractivity (Wildman–Crippen MR) is 100 cm³/mol. The van der Waals surface area contributed by atoms with E-state index in [2.05, 4.69) is 5.32 Å². The number of rotatable bonds is 5. The average molecular weight is 375 g/mol. The standard InChI is InChI=1S/C19H21NO5S/c1-6-25-18(22)14-12(4)15(19(23)24-5)26-17(14)20-16(21)13-8-7-10(2)9-11(13)3/h7-9H,6H2,1-5H3,(H,20,21). The fourth-order valence-corrected chi connectivity index (χ4v) is 3.68. The third-order valence-electron chi connectivity index (χ3n) is 3.85. The Morgan fingerprint density at radius 3 is 2.38 bits per heavy atom. The van der Waals surface area contributed by atoms with Crippen LogP contribution in [0.2, 0.25) is 0 Å². The second-order valence-electron chi connectivity index (χ2n) is 5.74. The highest BCUT2D eigenvalue weighted by molar-refractivity contribution is 7.18. The molecule has 0 spiro atoms. The highest BCUT2D eigenvalue weighted by Crippen LogP contribution is 2.34. The van der Waals surface area contributed by atoms with Gasteiger partial charge in [0, 0.05) is 5.56 Å². The second-order valence-corrected chi connectivity index (χ2v) is 6.77. The van der Waals surface area contributed by atoms with Gasteiger partial charge in [-0.25, -0.2) is 9.59 Å². The van der Waals surface area contributed by atoms with Gasteiger partial charge in [-0.3, -0.25) is 4.79 Å². The number of hydrogen-bond acceptors (Lipinski definition) is 6. The van der Waals surface area contributed by atoms with Crippen molar-refractivity contribution in [2.75, 3.05) is 19.0 Å². The molecule has 138 valence electrons. The summed E-state index contributed by atoms with van der Waals surface area (Å²) >= 11 is 0.998. The zero-order chi connectivity index (χ0) is 19.4. The van der Waals surface area contributed by atoms with E-state index in [4.69, 9.17) is 9.47 Å². The van der Waals surface area contributed by atoms with Crippen molar-refractivity contribution in [3.05, 3.63) is 50.9 Å². The van der Waals surface area contributed by atoms with E-state index >= 15 is 0 Å². The van der Waals surface area contributed by atoms with Crippen molar-refractivity contribution in [2.45, 2.75) is 27.7 Å². The molecule has 0 saturated heterocycles. The molecule has 0 radical (unpaired) electrons. The number of hydrogen-bond donors (Lipinski definition) is 1. The molecule has 1 N–H and O–H groups in total. The Bertz CT molecular complexity index is 869. The number of carbonyl (C=O) groups excluding carboxylic acids is 3. The van der Waals surface area contributed by atoms with Crippen molar-refractivity contribution in [1.82, 2.24) is 0 Å².